The summed E-state index contributed by atoms with van der Waals surface area (Å²) in [5.74, 6) is 1.65. The van der Waals surface area contributed by atoms with Crippen LogP contribution in [-0.4, -0.2) is 48.1 Å². The lowest BCUT2D eigenvalue weighted by molar-refractivity contribution is 0.0961. The van der Waals surface area contributed by atoms with Gasteiger partial charge in [0.25, 0.3) is 0 Å². The van der Waals surface area contributed by atoms with E-state index in [2.05, 4.69) is 51.3 Å². The molecule has 2 heteroatoms. The Kier molecular flexibility index (Phi) is 9.66. The topological polar surface area (TPSA) is 6.48 Å². The van der Waals surface area contributed by atoms with Crippen LogP contribution in [0.1, 0.15) is 80.1 Å². The van der Waals surface area contributed by atoms with Crippen molar-refractivity contribution in [2.24, 2.45) is 11.8 Å². The third-order valence-electron chi connectivity index (χ3n) is 5.31. The molecule has 0 aromatic heterocycles. The summed E-state index contributed by atoms with van der Waals surface area (Å²) in [5, 5.41) is 0. The predicted octanol–water partition coefficient (Wildman–Crippen LogP) is 5.03. The molecule has 0 amide bonds. The lowest BCUT2D eigenvalue weighted by Crippen LogP contribution is -2.45. The fourth-order valence-corrected chi connectivity index (χ4v) is 3.61. The molecule has 1 rings (SSSR count). The fourth-order valence-electron chi connectivity index (χ4n) is 3.61. The summed E-state index contributed by atoms with van der Waals surface area (Å²) in [5.41, 5.74) is 0. The number of hydrogen-bond acceptors (Lipinski definition) is 2. The first-order chi connectivity index (χ1) is 10.4. The van der Waals surface area contributed by atoms with Gasteiger partial charge in [0.05, 0.1) is 0 Å². The van der Waals surface area contributed by atoms with Gasteiger partial charge < -0.3 is 4.90 Å². The van der Waals surface area contributed by atoms with Gasteiger partial charge in [-0.1, -0.05) is 34.1 Å². The largest absolute Gasteiger partial charge is 0.303 e. The Bertz CT molecular complexity index is 253. The molecule has 2 atom stereocenters. The van der Waals surface area contributed by atoms with Crippen LogP contribution in [0.5, 0.6) is 0 Å². The van der Waals surface area contributed by atoms with E-state index in [0.29, 0.717) is 0 Å². The minimum absolute atomic E-state index is 0.795. The molecule has 0 aromatic carbocycles. The van der Waals surface area contributed by atoms with E-state index in [4.69, 9.17) is 0 Å². The van der Waals surface area contributed by atoms with Crippen molar-refractivity contribution in [1.29, 1.82) is 0 Å². The van der Waals surface area contributed by atoms with Crippen LogP contribution >= 0.6 is 0 Å². The Morgan fingerprint density at radius 1 is 0.864 bits per heavy atom. The van der Waals surface area contributed by atoms with E-state index in [1.165, 1.54) is 64.7 Å². The Hall–Kier alpha value is -0.0800. The summed E-state index contributed by atoms with van der Waals surface area (Å²) in [6.45, 7) is 19.4. The number of piperidine rings is 1. The Balaban J connectivity index is 2.34. The average Bonchev–Trinajstić information content (AvgIpc) is 2.43. The van der Waals surface area contributed by atoms with Gasteiger partial charge in [0.1, 0.15) is 0 Å². The second-order valence-electron chi connectivity index (χ2n) is 8.43. The van der Waals surface area contributed by atoms with E-state index in [9.17, 15) is 0 Å². The first-order valence-corrected chi connectivity index (χ1v) is 9.88. The Morgan fingerprint density at radius 2 is 1.36 bits per heavy atom. The van der Waals surface area contributed by atoms with Crippen molar-refractivity contribution < 1.29 is 0 Å². The van der Waals surface area contributed by atoms with E-state index in [-0.39, 0.29) is 0 Å². The molecule has 0 bridgehead atoms. The molecular weight excluding hydrogens is 268 g/mol. The van der Waals surface area contributed by atoms with E-state index < -0.39 is 0 Å². The van der Waals surface area contributed by atoms with E-state index in [0.717, 1.165) is 23.9 Å². The molecule has 0 N–H and O–H groups in total. The van der Waals surface area contributed by atoms with E-state index in [1.807, 2.05) is 0 Å². The summed E-state index contributed by atoms with van der Waals surface area (Å²) in [7, 11) is 0. The summed E-state index contributed by atoms with van der Waals surface area (Å²) in [6.07, 6.45) is 8.24. The van der Waals surface area contributed by atoms with Gasteiger partial charge in [-0.05, 0) is 84.0 Å². The highest BCUT2D eigenvalue weighted by atomic mass is 15.2. The van der Waals surface area contributed by atoms with Gasteiger partial charge in [-0.25, -0.2) is 0 Å². The summed E-state index contributed by atoms with van der Waals surface area (Å²) >= 11 is 0. The van der Waals surface area contributed by atoms with Gasteiger partial charge in [0, 0.05) is 12.1 Å². The molecule has 1 aliphatic heterocycles. The molecule has 1 aliphatic rings. The van der Waals surface area contributed by atoms with Crippen LogP contribution in [0.25, 0.3) is 0 Å². The minimum atomic E-state index is 0.795. The van der Waals surface area contributed by atoms with Gasteiger partial charge in [-0.15, -0.1) is 0 Å². The fraction of sp³-hybridized carbons (Fsp3) is 1.00. The van der Waals surface area contributed by atoms with Crippen molar-refractivity contribution in [2.75, 3.05) is 26.2 Å². The highest BCUT2D eigenvalue weighted by Crippen LogP contribution is 2.22. The molecule has 1 fully saturated rings. The number of nitrogens with zero attached hydrogens (tertiary/aromatic N) is 2. The molecular formula is C20H42N2. The lowest BCUT2D eigenvalue weighted by atomic mass is 9.97. The van der Waals surface area contributed by atoms with Crippen LogP contribution in [0.3, 0.4) is 0 Å². The lowest BCUT2D eigenvalue weighted by Gasteiger charge is -2.39. The predicted molar refractivity (Wildman–Crippen MR) is 99.4 cm³/mol. The van der Waals surface area contributed by atoms with Gasteiger partial charge in [-0.3, -0.25) is 4.90 Å². The zero-order valence-electron chi connectivity index (χ0n) is 16.3. The van der Waals surface area contributed by atoms with E-state index >= 15 is 0 Å². The molecule has 2 nitrogen and oxygen atoms in total. The third kappa shape index (κ3) is 7.97. The standard InChI is InChI=1S/C20H42N2/c1-17(2)11-15-21(16-12-18(3)4)13-8-14-22-19(5)9-7-10-20(22)6/h17-20H,7-16H2,1-6H3. The quantitative estimate of drug-likeness (QED) is 0.558. The van der Waals surface area contributed by atoms with Gasteiger partial charge >= 0.3 is 0 Å². The molecule has 0 aliphatic carbocycles. The van der Waals surface area contributed by atoms with Crippen molar-refractivity contribution in [3.8, 4) is 0 Å². The van der Waals surface area contributed by atoms with Crippen molar-refractivity contribution in [3.63, 3.8) is 0 Å². The third-order valence-corrected chi connectivity index (χ3v) is 5.31. The van der Waals surface area contributed by atoms with Crippen LogP contribution in [0, 0.1) is 11.8 Å². The SMILES string of the molecule is CC(C)CCN(CCCN1C(C)CCCC1C)CCC(C)C. The second-order valence-corrected chi connectivity index (χ2v) is 8.43. The maximum atomic E-state index is 2.76. The molecule has 0 spiro atoms. The summed E-state index contributed by atoms with van der Waals surface area (Å²) in [4.78, 5) is 5.48. The van der Waals surface area contributed by atoms with Gasteiger partial charge in [0.2, 0.25) is 0 Å². The number of rotatable bonds is 10. The highest BCUT2D eigenvalue weighted by molar-refractivity contribution is 4.79. The van der Waals surface area contributed by atoms with Crippen LogP contribution < -0.4 is 0 Å². The molecule has 0 saturated carbocycles. The maximum Gasteiger partial charge on any atom is 0.00697 e. The molecule has 1 heterocycles. The van der Waals surface area contributed by atoms with Crippen molar-refractivity contribution in [1.82, 2.24) is 9.80 Å². The molecule has 0 radical (unpaired) electrons. The molecule has 0 aromatic rings. The zero-order chi connectivity index (χ0) is 16.5. The number of likely N-dealkylation sites (tertiary alicyclic amines) is 1. The van der Waals surface area contributed by atoms with Crippen LogP contribution in [0.4, 0.5) is 0 Å². The second kappa shape index (κ2) is 10.6. The molecule has 22 heavy (non-hydrogen) atoms. The van der Waals surface area contributed by atoms with Crippen LogP contribution in [0.2, 0.25) is 0 Å². The zero-order valence-corrected chi connectivity index (χ0v) is 16.3. The summed E-state index contributed by atoms with van der Waals surface area (Å²) in [6, 6.07) is 1.59. The molecule has 132 valence electrons. The summed E-state index contributed by atoms with van der Waals surface area (Å²) < 4.78 is 0. The van der Waals surface area contributed by atoms with Crippen molar-refractivity contribution in [2.45, 2.75) is 92.2 Å². The molecule has 1 saturated heterocycles. The average molecular weight is 311 g/mol. The van der Waals surface area contributed by atoms with E-state index in [1.54, 1.807) is 0 Å². The maximum absolute atomic E-state index is 2.76. The Labute approximate surface area is 140 Å². The molecule has 2 unspecified atom stereocenters. The highest BCUT2D eigenvalue weighted by Gasteiger charge is 2.24. The minimum Gasteiger partial charge on any atom is -0.303 e. The van der Waals surface area contributed by atoms with Crippen molar-refractivity contribution >= 4 is 0 Å². The number of hydrogen-bond donors (Lipinski definition) is 0. The van der Waals surface area contributed by atoms with Crippen molar-refractivity contribution in [3.05, 3.63) is 0 Å². The smallest absolute Gasteiger partial charge is 0.00697 e. The van der Waals surface area contributed by atoms with Gasteiger partial charge in [-0.2, -0.15) is 0 Å². The first kappa shape index (κ1) is 20.0. The normalized spacial score (nSPS) is 23.9. The van der Waals surface area contributed by atoms with Gasteiger partial charge in [0.15, 0.2) is 0 Å². The van der Waals surface area contributed by atoms with Crippen LogP contribution in [0.15, 0.2) is 0 Å². The van der Waals surface area contributed by atoms with Crippen LogP contribution in [-0.2, 0) is 0 Å². The first-order valence-electron chi connectivity index (χ1n) is 9.88. The monoisotopic (exact) mass is 310 g/mol. The Morgan fingerprint density at radius 3 is 1.82 bits per heavy atom.